The fourth-order valence-corrected chi connectivity index (χ4v) is 2.06. The van der Waals surface area contributed by atoms with Crippen molar-refractivity contribution < 1.29 is 15.3 Å². The number of phenols is 1. The summed E-state index contributed by atoms with van der Waals surface area (Å²) in [6.07, 6.45) is 0. The second-order valence-corrected chi connectivity index (χ2v) is 5.37. The number of aromatic hydroxyl groups is 1. The molecule has 0 radical (unpaired) electrons. The maximum atomic E-state index is 10.0. The summed E-state index contributed by atoms with van der Waals surface area (Å²) >= 11 is 0. The molecule has 0 aliphatic carbocycles. The number of phenolic OH excluding ortho intramolecular Hbond substituents is 1. The normalized spacial score (nSPS) is 9.76. The van der Waals surface area contributed by atoms with Crippen LogP contribution in [0.1, 0.15) is 5.56 Å². The summed E-state index contributed by atoms with van der Waals surface area (Å²) < 4.78 is 0. The van der Waals surface area contributed by atoms with E-state index < -0.39 is 0 Å². The van der Waals surface area contributed by atoms with E-state index in [9.17, 15) is 5.11 Å². The molecule has 1 aromatic rings. The number of hydrogen-bond donors (Lipinski definition) is 3. The number of aliphatic hydroxyl groups is 2. The SMILES string of the molecule is Cc1c(O)cc(N(C)C)c(N(C)C)c1N(C)C.OCCO. The van der Waals surface area contributed by atoms with Crippen LogP contribution in [0.25, 0.3) is 0 Å². The highest BCUT2D eigenvalue weighted by Crippen LogP contribution is 2.43. The molecular weight excluding hydrogens is 270 g/mol. The van der Waals surface area contributed by atoms with E-state index in [1.807, 2.05) is 65.1 Å². The Balaban J connectivity index is 0.000000885. The van der Waals surface area contributed by atoms with Crippen molar-refractivity contribution in [1.29, 1.82) is 0 Å². The van der Waals surface area contributed by atoms with Crippen molar-refractivity contribution in [1.82, 2.24) is 0 Å². The molecule has 1 rings (SSSR count). The molecule has 0 aliphatic heterocycles. The molecule has 21 heavy (non-hydrogen) atoms. The lowest BCUT2D eigenvalue weighted by Crippen LogP contribution is -2.22. The summed E-state index contributed by atoms with van der Waals surface area (Å²) in [4.78, 5) is 6.13. The summed E-state index contributed by atoms with van der Waals surface area (Å²) in [5.41, 5.74) is 4.10. The van der Waals surface area contributed by atoms with Crippen LogP contribution in [0.5, 0.6) is 5.75 Å². The van der Waals surface area contributed by atoms with Gasteiger partial charge >= 0.3 is 0 Å². The quantitative estimate of drug-likeness (QED) is 0.766. The second-order valence-electron chi connectivity index (χ2n) is 5.37. The van der Waals surface area contributed by atoms with Crippen molar-refractivity contribution in [3.05, 3.63) is 11.6 Å². The van der Waals surface area contributed by atoms with Crippen LogP contribution in [0.4, 0.5) is 17.1 Å². The van der Waals surface area contributed by atoms with Crippen molar-refractivity contribution in [2.45, 2.75) is 6.92 Å². The highest BCUT2D eigenvalue weighted by Gasteiger charge is 2.19. The topological polar surface area (TPSA) is 70.4 Å². The molecule has 122 valence electrons. The van der Waals surface area contributed by atoms with Gasteiger partial charge < -0.3 is 30.0 Å². The van der Waals surface area contributed by atoms with Gasteiger partial charge in [0.2, 0.25) is 0 Å². The Morgan fingerprint density at radius 3 is 1.52 bits per heavy atom. The van der Waals surface area contributed by atoms with Gasteiger partial charge in [0.15, 0.2) is 0 Å². The Labute approximate surface area is 127 Å². The lowest BCUT2D eigenvalue weighted by Gasteiger charge is -2.30. The van der Waals surface area contributed by atoms with Crippen LogP contribution in [-0.4, -0.2) is 70.8 Å². The number of anilines is 3. The number of benzene rings is 1. The van der Waals surface area contributed by atoms with E-state index in [4.69, 9.17) is 10.2 Å². The predicted octanol–water partition coefficient (Wildman–Crippen LogP) is 0.870. The zero-order valence-electron chi connectivity index (χ0n) is 14.2. The van der Waals surface area contributed by atoms with Crippen LogP contribution in [-0.2, 0) is 0 Å². The van der Waals surface area contributed by atoms with Gasteiger partial charge in [-0.15, -0.1) is 0 Å². The first kappa shape index (κ1) is 19.3. The van der Waals surface area contributed by atoms with Crippen LogP contribution >= 0.6 is 0 Å². The maximum absolute atomic E-state index is 10.0. The van der Waals surface area contributed by atoms with Gasteiger partial charge in [-0.25, -0.2) is 0 Å². The molecule has 6 heteroatoms. The fourth-order valence-electron chi connectivity index (χ4n) is 2.06. The van der Waals surface area contributed by atoms with Crippen molar-refractivity contribution in [3.8, 4) is 5.75 Å². The first-order chi connectivity index (χ1) is 9.68. The Morgan fingerprint density at radius 2 is 1.24 bits per heavy atom. The molecule has 0 fully saturated rings. The maximum Gasteiger partial charge on any atom is 0.122 e. The van der Waals surface area contributed by atoms with E-state index in [0.717, 1.165) is 22.6 Å². The summed E-state index contributed by atoms with van der Waals surface area (Å²) in [7, 11) is 12.0. The zero-order valence-corrected chi connectivity index (χ0v) is 14.2. The minimum atomic E-state index is -0.125. The smallest absolute Gasteiger partial charge is 0.122 e. The van der Waals surface area contributed by atoms with Gasteiger partial charge in [0.05, 0.1) is 30.3 Å². The average molecular weight is 299 g/mol. The van der Waals surface area contributed by atoms with Crippen LogP contribution in [0, 0.1) is 6.92 Å². The summed E-state index contributed by atoms with van der Waals surface area (Å²) in [6, 6.07) is 1.82. The number of hydrogen-bond acceptors (Lipinski definition) is 6. The molecular formula is C15H29N3O3. The molecule has 0 saturated heterocycles. The van der Waals surface area contributed by atoms with Gasteiger partial charge in [-0.1, -0.05) is 0 Å². The zero-order chi connectivity index (χ0) is 16.7. The fraction of sp³-hybridized carbons (Fsp3) is 0.600. The van der Waals surface area contributed by atoms with Gasteiger partial charge in [0.1, 0.15) is 5.75 Å². The van der Waals surface area contributed by atoms with Gasteiger partial charge in [-0.2, -0.15) is 0 Å². The molecule has 0 saturated carbocycles. The summed E-state index contributed by atoms with van der Waals surface area (Å²) in [5, 5.41) is 25.3. The Kier molecular flexibility index (Phi) is 7.91. The van der Waals surface area contributed by atoms with Crippen molar-refractivity contribution in [2.24, 2.45) is 0 Å². The second kappa shape index (κ2) is 8.59. The van der Waals surface area contributed by atoms with E-state index in [0.29, 0.717) is 5.75 Å². The predicted molar refractivity (Wildman–Crippen MR) is 90.0 cm³/mol. The minimum Gasteiger partial charge on any atom is -0.508 e. The Morgan fingerprint density at radius 1 is 0.810 bits per heavy atom. The monoisotopic (exact) mass is 299 g/mol. The molecule has 0 amide bonds. The van der Waals surface area contributed by atoms with E-state index in [1.54, 1.807) is 0 Å². The van der Waals surface area contributed by atoms with Gasteiger partial charge in [-0.3, -0.25) is 0 Å². The lowest BCUT2D eigenvalue weighted by molar-refractivity contribution is 0.186. The third-order valence-corrected chi connectivity index (χ3v) is 2.96. The lowest BCUT2D eigenvalue weighted by atomic mass is 10.1. The van der Waals surface area contributed by atoms with Crippen molar-refractivity contribution in [2.75, 3.05) is 70.2 Å². The molecule has 0 unspecified atom stereocenters. The molecule has 6 nitrogen and oxygen atoms in total. The van der Waals surface area contributed by atoms with Gasteiger partial charge in [-0.05, 0) is 6.92 Å². The first-order valence-electron chi connectivity index (χ1n) is 6.79. The molecule has 0 atom stereocenters. The van der Waals surface area contributed by atoms with E-state index in [1.165, 1.54) is 0 Å². The molecule has 0 spiro atoms. The highest BCUT2D eigenvalue weighted by atomic mass is 16.3. The van der Waals surface area contributed by atoms with Crippen LogP contribution in [0.3, 0.4) is 0 Å². The van der Waals surface area contributed by atoms with Crippen molar-refractivity contribution >= 4 is 17.1 Å². The molecule has 1 aromatic carbocycles. The van der Waals surface area contributed by atoms with Crippen LogP contribution in [0.2, 0.25) is 0 Å². The molecule has 0 aromatic heterocycles. The summed E-state index contributed by atoms with van der Waals surface area (Å²) in [5.74, 6) is 0.336. The number of nitrogens with zero attached hydrogens (tertiary/aromatic N) is 3. The highest BCUT2D eigenvalue weighted by molar-refractivity contribution is 5.88. The number of rotatable bonds is 4. The minimum absolute atomic E-state index is 0.125. The van der Waals surface area contributed by atoms with Crippen LogP contribution in [0.15, 0.2) is 6.07 Å². The largest absolute Gasteiger partial charge is 0.508 e. The van der Waals surface area contributed by atoms with E-state index in [-0.39, 0.29) is 13.2 Å². The average Bonchev–Trinajstić information content (AvgIpc) is 2.40. The van der Waals surface area contributed by atoms with Crippen molar-refractivity contribution in [3.63, 3.8) is 0 Å². The van der Waals surface area contributed by atoms with Gasteiger partial charge in [0, 0.05) is 53.9 Å². The molecule has 3 N–H and O–H groups in total. The molecule has 0 aliphatic rings. The third-order valence-electron chi connectivity index (χ3n) is 2.96. The first-order valence-corrected chi connectivity index (χ1v) is 6.79. The van der Waals surface area contributed by atoms with E-state index in [2.05, 4.69) is 4.90 Å². The standard InChI is InChI=1S/C13H23N3O.C2H6O2/c1-9-11(17)8-10(14(2)3)13(16(6)7)12(9)15(4)5;3-1-2-4/h8,17H,1-7H3;3-4H,1-2H2. The molecule has 0 bridgehead atoms. The Bertz CT molecular complexity index is 444. The third kappa shape index (κ3) is 4.99. The molecule has 0 heterocycles. The van der Waals surface area contributed by atoms with Crippen LogP contribution < -0.4 is 14.7 Å². The van der Waals surface area contributed by atoms with Gasteiger partial charge in [0.25, 0.3) is 0 Å². The summed E-state index contributed by atoms with van der Waals surface area (Å²) in [6.45, 7) is 1.69. The number of aliphatic hydroxyl groups excluding tert-OH is 2. The Hall–Kier alpha value is -1.66. The van der Waals surface area contributed by atoms with E-state index >= 15 is 0 Å².